The van der Waals surface area contributed by atoms with Crippen LogP contribution in [0.1, 0.15) is 65.0 Å². The fourth-order valence-electron chi connectivity index (χ4n) is 4.77. The number of aryl methyl sites for hydroxylation is 1. The van der Waals surface area contributed by atoms with E-state index in [-0.39, 0.29) is 42.7 Å². The molecule has 3 amide bonds. The molecule has 0 spiro atoms. The highest BCUT2D eigenvalue weighted by atomic mass is 16.6. The molecule has 198 valence electrons. The molecule has 0 radical (unpaired) electrons. The number of para-hydroxylation sites is 1. The molecule has 10 heteroatoms. The zero-order valence-electron chi connectivity index (χ0n) is 22.0. The fourth-order valence-corrected chi connectivity index (χ4v) is 4.77. The van der Waals surface area contributed by atoms with Gasteiger partial charge in [0.2, 0.25) is 11.8 Å². The number of hydrogen-bond donors (Lipinski definition) is 1. The number of hydrogen-bond acceptors (Lipinski definition) is 6. The van der Waals surface area contributed by atoms with Gasteiger partial charge in [0.05, 0.1) is 22.7 Å². The van der Waals surface area contributed by atoms with Crippen LogP contribution in [0.15, 0.2) is 23.0 Å². The molecular weight excluding hydrogens is 476 g/mol. The molecule has 2 saturated heterocycles. The van der Waals surface area contributed by atoms with E-state index in [4.69, 9.17) is 9.47 Å². The Morgan fingerprint density at radius 3 is 2.49 bits per heavy atom. The number of likely N-dealkylation sites (tertiary alicyclic amines) is 1. The van der Waals surface area contributed by atoms with E-state index in [1.54, 1.807) is 24.1 Å². The van der Waals surface area contributed by atoms with Crippen LogP contribution in [0.25, 0.3) is 11.0 Å². The SMILES string of the molecule is CC(C#Cc1cccc2c1n(C)c(=O)n2C1CCC(=O)NC1=O)OC1CCN(C(=O)OC(C)(C)C)CC1. The van der Waals surface area contributed by atoms with Gasteiger partial charge in [0.1, 0.15) is 17.7 Å². The minimum atomic E-state index is -0.745. The van der Waals surface area contributed by atoms with Crippen LogP contribution >= 0.6 is 0 Å². The van der Waals surface area contributed by atoms with Gasteiger partial charge >= 0.3 is 11.8 Å². The van der Waals surface area contributed by atoms with Crippen molar-refractivity contribution in [3.8, 4) is 11.8 Å². The Morgan fingerprint density at radius 1 is 1.14 bits per heavy atom. The number of benzene rings is 1. The number of ether oxygens (including phenoxy) is 2. The number of rotatable bonds is 3. The smallest absolute Gasteiger partial charge is 0.410 e. The summed E-state index contributed by atoms with van der Waals surface area (Å²) in [7, 11) is 1.65. The lowest BCUT2D eigenvalue weighted by Crippen LogP contribution is -2.44. The van der Waals surface area contributed by atoms with E-state index in [0.29, 0.717) is 42.5 Å². The Balaban J connectivity index is 1.46. The van der Waals surface area contributed by atoms with Crippen molar-refractivity contribution in [2.45, 2.75) is 77.2 Å². The average molecular weight is 511 g/mol. The minimum absolute atomic E-state index is 0.0169. The van der Waals surface area contributed by atoms with Crippen LogP contribution < -0.4 is 11.0 Å². The zero-order valence-corrected chi connectivity index (χ0v) is 22.0. The zero-order chi connectivity index (χ0) is 26.9. The van der Waals surface area contributed by atoms with E-state index < -0.39 is 17.6 Å². The molecule has 10 nitrogen and oxygen atoms in total. The molecule has 2 unspecified atom stereocenters. The van der Waals surface area contributed by atoms with Gasteiger partial charge in [0.15, 0.2) is 0 Å². The van der Waals surface area contributed by atoms with Crippen molar-refractivity contribution in [2.75, 3.05) is 13.1 Å². The summed E-state index contributed by atoms with van der Waals surface area (Å²) in [5.74, 6) is 5.47. The Hall–Kier alpha value is -3.58. The van der Waals surface area contributed by atoms with Gasteiger partial charge in [-0.1, -0.05) is 17.9 Å². The normalized spacial score (nSPS) is 19.8. The van der Waals surface area contributed by atoms with Crippen LogP contribution in [0.3, 0.4) is 0 Å². The number of imide groups is 1. The summed E-state index contributed by atoms with van der Waals surface area (Å²) < 4.78 is 14.5. The Labute approximate surface area is 215 Å². The summed E-state index contributed by atoms with van der Waals surface area (Å²) in [6.07, 6.45) is 1.18. The first-order valence-corrected chi connectivity index (χ1v) is 12.6. The number of aromatic nitrogens is 2. The van der Waals surface area contributed by atoms with Crippen molar-refractivity contribution in [2.24, 2.45) is 7.05 Å². The molecule has 37 heavy (non-hydrogen) atoms. The van der Waals surface area contributed by atoms with Gasteiger partial charge in [-0.15, -0.1) is 0 Å². The first-order chi connectivity index (χ1) is 17.4. The predicted molar refractivity (Wildman–Crippen MR) is 137 cm³/mol. The molecule has 3 heterocycles. The van der Waals surface area contributed by atoms with Crippen LogP contribution in [0.2, 0.25) is 0 Å². The second-order valence-corrected chi connectivity index (χ2v) is 10.6. The number of fused-ring (bicyclic) bond motifs is 1. The first kappa shape index (κ1) is 26.5. The van der Waals surface area contributed by atoms with E-state index in [9.17, 15) is 19.2 Å². The molecule has 1 aromatic heterocycles. The summed E-state index contributed by atoms with van der Waals surface area (Å²) in [5, 5.41) is 2.32. The van der Waals surface area contributed by atoms with E-state index >= 15 is 0 Å². The number of amides is 3. The van der Waals surface area contributed by atoms with Gasteiger partial charge in [0.25, 0.3) is 0 Å². The van der Waals surface area contributed by atoms with E-state index in [1.807, 2.05) is 33.8 Å². The molecule has 0 aliphatic carbocycles. The number of nitrogens with zero attached hydrogens (tertiary/aromatic N) is 3. The van der Waals surface area contributed by atoms with E-state index in [1.165, 1.54) is 9.13 Å². The average Bonchev–Trinajstić information content (AvgIpc) is 3.08. The number of nitrogens with one attached hydrogen (secondary N) is 1. The molecule has 2 aliphatic rings. The molecule has 2 aromatic rings. The van der Waals surface area contributed by atoms with Gasteiger partial charge in [-0.2, -0.15) is 0 Å². The monoisotopic (exact) mass is 510 g/mol. The van der Waals surface area contributed by atoms with Crippen LogP contribution in [0, 0.1) is 11.8 Å². The van der Waals surface area contributed by atoms with Gasteiger partial charge in [-0.05, 0) is 59.1 Å². The number of carbonyl (C=O) groups is 3. The van der Waals surface area contributed by atoms with Crippen molar-refractivity contribution in [3.63, 3.8) is 0 Å². The van der Waals surface area contributed by atoms with E-state index in [2.05, 4.69) is 17.2 Å². The second kappa shape index (κ2) is 10.4. The number of piperidine rings is 2. The van der Waals surface area contributed by atoms with Gasteiger partial charge in [-0.25, -0.2) is 9.59 Å². The van der Waals surface area contributed by atoms with Crippen molar-refractivity contribution in [1.82, 2.24) is 19.4 Å². The third kappa shape index (κ3) is 5.88. The van der Waals surface area contributed by atoms with Crippen molar-refractivity contribution in [3.05, 3.63) is 34.2 Å². The van der Waals surface area contributed by atoms with Gasteiger partial charge < -0.3 is 14.4 Å². The lowest BCUT2D eigenvalue weighted by molar-refractivity contribution is -0.135. The fraction of sp³-hybridized carbons (Fsp3) is 0.556. The second-order valence-electron chi connectivity index (χ2n) is 10.6. The number of imidazole rings is 1. The largest absolute Gasteiger partial charge is 0.444 e. The van der Waals surface area contributed by atoms with Crippen molar-refractivity contribution >= 4 is 28.9 Å². The number of carbonyl (C=O) groups excluding carboxylic acids is 3. The standard InChI is InChI=1S/C27H34N4O6/c1-17(36-19-13-15-30(16-14-19)26(35)37-27(2,3)4)9-10-18-7-6-8-20-23(18)29(5)25(34)31(20)21-11-12-22(32)28-24(21)33/h6-8,17,19,21H,11-16H2,1-5H3,(H,28,32,33). The highest BCUT2D eigenvalue weighted by Crippen LogP contribution is 2.25. The Kier molecular flexibility index (Phi) is 7.46. The van der Waals surface area contributed by atoms with Crippen LogP contribution in [0.4, 0.5) is 4.79 Å². The third-order valence-electron chi connectivity index (χ3n) is 6.52. The lowest BCUT2D eigenvalue weighted by Gasteiger charge is -2.33. The summed E-state index contributed by atoms with van der Waals surface area (Å²) in [6, 6.07) is 4.66. The first-order valence-electron chi connectivity index (χ1n) is 12.6. The summed E-state index contributed by atoms with van der Waals surface area (Å²) in [4.78, 5) is 51.1. The van der Waals surface area contributed by atoms with E-state index in [0.717, 1.165) is 0 Å². The predicted octanol–water partition coefficient (Wildman–Crippen LogP) is 2.47. The molecule has 4 rings (SSSR count). The molecule has 2 aliphatic heterocycles. The van der Waals surface area contributed by atoms with Crippen LogP contribution in [0.5, 0.6) is 0 Å². The topological polar surface area (TPSA) is 112 Å². The third-order valence-corrected chi connectivity index (χ3v) is 6.52. The molecule has 2 atom stereocenters. The highest BCUT2D eigenvalue weighted by Gasteiger charge is 2.32. The van der Waals surface area contributed by atoms with Crippen LogP contribution in [-0.2, 0) is 26.1 Å². The summed E-state index contributed by atoms with van der Waals surface area (Å²) in [5.41, 5.74) is 1.02. The Morgan fingerprint density at radius 2 is 1.84 bits per heavy atom. The van der Waals surface area contributed by atoms with Gasteiger partial charge in [-0.3, -0.25) is 24.0 Å². The van der Waals surface area contributed by atoms with Crippen LogP contribution in [-0.4, -0.2) is 62.8 Å². The maximum atomic E-state index is 13.1. The summed E-state index contributed by atoms with van der Waals surface area (Å²) in [6.45, 7) is 8.56. The lowest BCUT2D eigenvalue weighted by atomic mass is 10.1. The minimum Gasteiger partial charge on any atom is -0.444 e. The maximum Gasteiger partial charge on any atom is 0.410 e. The molecule has 1 aromatic carbocycles. The molecule has 1 N–H and O–H groups in total. The quantitative estimate of drug-likeness (QED) is 0.502. The summed E-state index contributed by atoms with van der Waals surface area (Å²) >= 11 is 0. The molecule has 0 saturated carbocycles. The van der Waals surface area contributed by atoms with Crippen molar-refractivity contribution in [1.29, 1.82) is 0 Å². The highest BCUT2D eigenvalue weighted by molar-refractivity contribution is 6.00. The maximum absolute atomic E-state index is 13.1. The molecule has 0 bridgehead atoms. The van der Waals surface area contributed by atoms with Crippen molar-refractivity contribution < 1.29 is 23.9 Å². The molecule has 2 fully saturated rings. The Bertz CT molecular complexity index is 1330. The molecular formula is C27H34N4O6. The van der Waals surface area contributed by atoms with Gasteiger partial charge in [0, 0.05) is 26.6 Å².